The smallest absolute Gasteiger partial charge is 0.129 e. The largest absolute Gasteiger partial charge is 0.389 e. The number of anilines is 1. The van der Waals surface area contributed by atoms with Gasteiger partial charge in [0.2, 0.25) is 0 Å². The van der Waals surface area contributed by atoms with Gasteiger partial charge < -0.3 is 15.4 Å². The van der Waals surface area contributed by atoms with Crippen molar-refractivity contribution in [2.45, 2.75) is 32.7 Å². The molecule has 1 atom stereocenters. The first-order chi connectivity index (χ1) is 9.52. The van der Waals surface area contributed by atoms with Gasteiger partial charge in [0, 0.05) is 31.0 Å². The van der Waals surface area contributed by atoms with E-state index in [2.05, 4.69) is 16.8 Å². The number of hydrogen-bond acceptors (Lipinski definition) is 4. The summed E-state index contributed by atoms with van der Waals surface area (Å²) in [6.45, 7) is 5.76. The molecule has 0 radical (unpaired) electrons. The number of aromatic nitrogens is 1. The molecule has 110 valence electrons. The van der Waals surface area contributed by atoms with Crippen LogP contribution in [0.3, 0.4) is 0 Å². The Bertz CT molecular complexity index is 488. The third-order valence-electron chi connectivity index (χ3n) is 3.85. The van der Waals surface area contributed by atoms with E-state index in [4.69, 9.17) is 22.7 Å². The zero-order chi connectivity index (χ0) is 14.7. The van der Waals surface area contributed by atoms with Crippen LogP contribution in [-0.2, 0) is 4.74 Å². The lowest BCUT2D eigenvalue weighted by Crippen LogP contribution is -2.38. The summed E-state index contributed by atoms with van der Waals surface area (Å²) in [5.41, 5.74) is 7.58. The van der Waals surface area contributed by atoms with E-state index in [0.29, 0.717) is 17.6 Å². The molecule has 1 aliphatic carbocycles. The Balaban J connectivity index is 2.28. The summed E-state index contributed by atoms with van der Waals surface area (Å²) in [6, 6.07) is 4.39. The number of pyridine rings is 1. The van der Waals surface area contributed by atoms with Crippen LogP contribution in [0.1, 0.15) is 31.0 Å². The fraction of sp³-hybridized carbons (Fsp3) is 0.600. The van der Waals surface area contributed by atoms with E-state index in [-0.39, 0.29) is 0 Å². The second-order valence-corrected chi connectivity index (χ2v) is 5.92. The molecule has 1 aliphatic rings. The van der Waals surface area contributed by atoms with Crippen molar-refractivity contribution in [2.75, 3.05) is 25.2 Å². The molecule has 4 nitrogen and oxygen atoms in total. The average Bonchev–Trinajstić information content (AvgIpc) is 3.22. The highest BCUT2D eigenvalue weighted by Gasteiger charge is 2.32. The van der Waals surface area contributed by atoms with Crippen LogP contribution in [-0.4, -0.2) is 36.3 Å². The van der Waals surface area contributed by atoms with E-state index in [9.17, 15) is 0 Å². The molecule has 1 aromatic heterocycles. The van der Waals surface area contributed by atoms with E-state index in [1.165, 1.54) is 12.8 Å². The van der Waals surface area contributed by atoms with E-state index in [1.54, 1.807) is 7.11 Å². The van der Waals surface area contributed by atoms with Crippen molar-refractivity contribution in [2.24, 2.45) is 11.7 Å². The molecule has 5 heteroatoms. The van der Waals surface area contributed by atoms with Gasteiger partial charge in [-0.05, 0) is 44.7 Å². The van der Waals surface area contributed by atoms with Crippen molar-refractivity contribution < 1.29 is 4.74 Å². The van der Waals surface area contributed by atoms with E-state index in [1.807, 2.05) is 19.1 Å². The number of hydrogen-bond donors (Lipinski definition) is 1. The van der Waals surface area contributed by atoms with Crippen molar-refractivity contribution in [3.05, 3.63) is 23.4 Å². The Hall–Kier alpha value is -1.20. The quantitative estimate of drug-likeness (QED) is 0.782. The fourth-order valence-electron chi connectivity index (χ4n) is 2.49. The van der Waals surface area contributed by atoms with E-state index in [0.717, 1.165) is 29.5 Å². The minimum atomic E-state index is 0.419. The zero-order valence-electron chi connectivity index (χ0n) is 12.4. The van der Waals surface area contributed by atoms with Crippen LogP contribution in [0.5, 0.6) is 0 Å². The third-order valence-corrected chi connectivity index (χ3v) is 4.09. The molecular weight excluding hydrogens is 270 g/mol. The van der Waals surface area contributed by atoms with Gasteiger partial charge in [0.05, 0.1) is 6.61 Å². The summed E-state index contributed by atoms with van der Waals surface area (Å²) in [5.74, 6) is 1.71. The molecule has 2 rings (SSSR count). The average molecular weight is 293 g/mol. The lowest BCUT2D eigenvalue weighted by Gasteiger charge is -2.31. The first-order valence-electron chi connectivity index (χ1n) is 7.07. The number of thiocarbonyl (C=S) groups is 1. The molecule has 1 fully saturated rings. The topological polar surface area (TPSA) is 51.4 Å². The van der Waals surface area contributed by atoms with Crippen molar-refractivity contribution in [3.63, 3.8) is 0 Å². The van der Waals surface area contributed by atoms with Crippen LogP contribution < -0.4 is 10.6 Å². The molecule has 1 saturated carbocycles. The zero-order valence-corrected chi connectivity index (χ0v) is 13.2. The van der Waals surface area contributed by atoms with Crippen molar-refractivity contribution >= 4 is 23.0 Å². The van der Waals surface area contributed by atoms with Crippen LogP contribution >= 0.6 is 12.2 Å². The number of rotatable bonds is 7. The summed E-state index contributed by atoms with van der Waals surface area (Å²) in [4.78, 5) is 7.39. The standard InChI is InChI=1S/C15H23N3OS/c1-10-8-13(15(16)20)9-14(17-10)18(6-7-19-3)11(2)12-4-5-12/h8-9,11-12H,4-7H2,1-3H3,(H2,16,20). The van der Waals surface area contributed by atoms with Gasteiger partial charge >= 0.3 is 0 Å². The predicted octanol–water partition coefficient (Wildman–Crippen LogP) is 2.28. The molecule has 0 spiro atoms. The summed E-state index contributed by atoms with van der Waals surface area (Å²) in [7, 11) is 1.73. The highest BCUT2D eigenvalue weighted by molar-refractivity contribution is 7.80. The fourth-order valence-corrected chi connectivity index (χ4v) is 2.61. The molecular formula is C15H23N3OS. The maximum absolute atomic E-state index is 5.76. The summed E-state index contributed by atoms with van der Waals surface area (Å²) < 4.78 is 5.23. The van der Waals surface area contributed by atoms with Crippen LogP contribution in [0.25, 0.3) is 0 Å². The Morgan fingerprint density at radius 3 is 2.80 bits per heavy atom. The van der Waals surface area contributed by atoms with Gasteiger partial charge in [0.15, 0.2) is 0 Å². The van der Waals surface area contributed by atoms with Gasteiger partial charge in [-0.3, -0.25) is 0 Å². The molecule has 1 aromatic rings. The van der Waals surface area contributed by atoms with E-state index < -0.39 is 0 Å². The second kappa shape index (κ2) is 6.50. The molecule has 0 saturated heterocycles. The van der Waals surface area contributed by atoms with Crippen LogP contribution in [0.4, 0.5) is 5.82 Å². The predicted molar refractivity (Wildman–Crippen MR) is 86.3 cm³/mol. The lowest BCUT2D eigenvalue weighted by atomic mass is 10.1. The molecule has 1 heterocycles. The van der Waals surface area contributed by atoms with Gasteiger partial charge in [-0.25, -0.2) is 4.98 Å². The van der Waals surface area contributed by atoms with Gasteiger partial charge in [-0.15, -0.1) is 0 Å². The Morgan fingerprint density at radius 2 is 2.25 bits per heavy atom. The molecule has 1 unspecified atom stereocenters. The van der Waals surface area contributed by atoms with Gasteiger partial charge in [-0.2, -0.15) is 0 Å². The SMILES string of the molecule is COCCN(c1cc(C(N)=S)cc(C)n1)C(C)C1CC1. The first-order valence-corrected chi connectivity index (χ1v) is 7.48. The molecule has 0 aliphatic heterocycles. The number of aryl methyl sites for hydroxylation is 1. The highest BCUT2D eigenvalue weighted by Crippen LogP contribution is 2.36. The van der Waals surface area contributed by atoms with Crippen LogP contribution in [0, 0.1) is 12.8 Å². The Morgan fingerprint density at radius 1 is 1.55 bits per heavy atom. The molecule has 20 heavy (non-hydrogen) atoms. The first kappa shape index (κ1) is 15.2. The third kappa shape index (κ3) is 3.67. The van der Waals surface area contributed by atoms with Gasteiger partial charge in [0.25, 0.3) is 0 Å². The van der Waals surface area contributed by atoms with Gasteiger partial charge in [0.1, 0.15) is 10.8 Å². The van der Waals surface area contributed by atoms with Crippen molar-refractivity contribution in [1.82, 2.24) is 4.98 Å². The van der Waals surface area contributed by atoms with Crippen molar-refractivity contribution in [3.8, 4) is 0 Å². The van der Waals surface area contributed by atoms with Crippen LogP contribution in [0.15, 0.2) is 12.1 Å². The number of ether oxygens (including phenoxy) is 1. The summed E-state index contributed by atoms with van der Waals surface area (Å²) in [6.07, 6.45) is 2.61. The molecule has 0 aromatic carbocycles. The molecule has 2 N–H and O–H groups in total. The summed E-state index contributed by atoms with van der Waals surface area (Å²) >= 11 is 5.09. The normalized spacial score (nSPS) is 15.9. The number of nitrogens with two attached hydrogens (primary N) is 1. The molecule has 0 amide bonds. The maximum atomic E-state index is 5.76. The Kier molecular flexibility index (Phi) is 4.94. The van der Waals surface area contributed by atoms with Crippen molar-refractivity contribution in [1.29, 1.82) is 0 Å². The van der Waals surface area contributed by atoms with Crippen LogP contribution in [0.2, 0.25) is 0 Å². The lowest BCUT2D eigenvalue weighted by molar-refractivity contribution is 0.202. The number of methoxy groups -OCH3 is 1. The molecule has 0 bridgehead atoms. The minimum absolute atomic E-state index is 0.419. The number of nitrogens with zero attached hydrogens (tertiary/aromatic N) is 2. The Labute approximate surface area is 126 Å². The highest BCUT2D eigenvalue weighted by atomic mass is 32.1. The summed E-state index contributed by atoms with van der Waals surface area (Å²) in [5, 5.41) is 0. The van der Waals surface area contributed by atoms with Gasteiger partial charge in [-0.1, -0.05) is 12.2 Å². The monoisotopic (exact) mass is 293 g/mol. The second-order valence-electron chi connectivity index (χ2n) is 5.48. The minimum Gasteiger partial charge on any atom is -0.389 e. The maximum Gasteiger partial charge on any atom is 0.129 e. The van der Waals surface area contributed by atoms with E-state index >= 15 is 0 Å².